The molecule has 4 heteroatoms. The van der Waals surface area contributed by atoms with E-state index in [9.17, 15) is 0 Å². The molecule has 5 rings (SSSR count). The van der Waals surface area contributed by atoms with Crippen LogP contribution in [0.25, 0.3) is 45.2 Å². The van der Waals surface area contributed by atoms with Gasteiger partial charge in [0.25, 0.3) is 0 Å². The Labute approximate surface area is 261 Å². The van der Waals surface area contributed by atoms with E-state index < -0.39 is 16.1 Å². The van der Waals surface area contributed by atoms with E-state index in [1.54, 1.807) is 0 Å². The highest BCUT2D eigenvalue weighted by Crippen LogP contribution is 2.34. The first-order valence-electron chi connectivity index (χ1n) is 14.4. The van der Waals surface area contributed by atoms with E-state index in [2.05, 4.69) is 182 Å². The molecule has 2 aromatic heterocycles. The maximum atomic E-state index is 2.43. The molecule has 0 amide bonds. The van der Waals surface area contributed by atoms with Gasteiger partial charge in [0.05, 0.1) is 16.1 Å². The second-order valence-electron chi connectivity index (χ2n) is 11.8. The molecule has 0 aliphatic rings. The first-order valence-corrected chi connectivity index (χ1v) is 22.4. The van der Waals surface area contributed by atoms with Crippen LogP contribution < -0.4 is 0 Å². The molecule has 0 unspecified atom stereocenters. The van der Waals surface area contributed by atoms with Crippen LogP contribution in [0.3, 0.4) is 0 Å². The normalized spacial score (nSPS) is 12.9. The van der Waals surface area contributed by atoms with Gasteiger partial charge in [0.1, 0.15) is 0 Å². The zero-order chi connectivity index (χ0) is 29.4. The number of benzene rings is 3. The first-order chi connectivity index (χ1) is 20.2. The van der Waals surface area contributed by atoms with Crippen LogP contribution in [0.15, 0.2) is 132 Å². The second kappa shape index (κ2) is 13.6. The zero-order valence-electron chi connectivity index (χ0n) is 24.8. The number of thiophene rings is 2. The minimum Gasteiger partial charge on any atom is -0.136 e. The monoisotopic (exact) mass is 614 g/mol. The van der Waals surface area contributed by atoms with E-state index >= 15 is 0 Å². The summed E-state index contributed by atoms with van der Waals surface area (Å²) in [4.78, 5) is 5.24. The molecule has 0 fully saturated rings. The van der Waals surface area contributed by atoms with Gasteiger partial charge in [-0.3, -0.25) is 0 Å². The average Bonchev–Trinajstić information content (AvgIpc) is 3.69. The zero-order valence-corrected chi connectivity index (χ0v) is 28.5. The van der Waals surface area contributed by atoms with Gasteiger partial charge in [0.2, 0.25) is 0 Å². The highest BCUT2D eigenvalue weighted by atomic mass is 32.1. The number of hydrogen-bond donors (Lipinski definition) is 0. The summed E-state index contributed by atoms with van der Waals surface area (Å²) in [7, 11) is -3.15. The van der Waals surface area contributed by atoms with Crippen LogP contribution in [0.5, 0.6) is 0 Å². The lowest BCUT2D eigenvalue weighted by molar-refractivity contribution is 1.66. The largest absolute Gasteiger partial charge is 0.136 e. The van der Waals surface area contributed by atoms with Gasteiger partial charge in [-0.2, -0.15) is 0 Å². The summed E-state index contributed by atoms with van der Waals surface area (Å²) in [5, 5.41) is 0. The third kappa shape index (κ3) is 8.73. The summed E-state index contributed by atoms with van der Waals surface area (Å²) < 4.78 is 0. The van der Waals surface area contributed by atoms with E-state index in [0.29, 0.717) is 0 Å². The predicted octanol–water partition coefficient (Wildman–Crippen LogP) is 12.2. The van der Waals surface area contributed by atoms with Crippen LogP contribution in [0.1, 0.15) is 20.9 Å². The SMILES string of the molecule is C[Si](C)(/C=C/c1ccccc1)/C=C/c1ccc(-c2ccc(-c3ccc(/C=C/[Si](C)(C)/C=C/c4ccccc4)s3)cc2)s1. The molecule has 0 radical (unpaired) electrons. The molecule has 210 valence electrons. The maximum absolute atomic E-state index is 2.43. The van der Waals surface area contributed by atoms with Crippen LogP contribution >= 0.6 is 22.7 Å². The smallest absolute Gasteiger partial charge is 0.0955 e. The van der Waals surface area contributed by atoms with Crippen LogP contribution in [0, 0.1) is 0 Å². The van der Waals surface area contributed by atoms with Gasteiger partial charge in [-0.05, 0) is 46.5 Å². The molecule has 5 aromatic rings. The van der Waals surface area contributed by atoms with Crippen molar-refractivity contribution in [3.05, 3.63) is 153 Å². The summed E-state index contributed by atoms with van der Waals surface area (Å²) in [5.41, 5.74) is 14.8. The van der Waals surface area contributed by atoms with Crippen molar-refractivity contribution in [1.82, 2.24) is 0 Å². The first kappa shape index (κ1) is 29.9. The maximum Gasteiger partial charge on any atom is 0.0955 e. The molecule has 0 atom stereocenters. The van der Waals surface area contributed by atoms with Crippen molar-refractivity contribution in [3.63, 3.8) is 0 Å². The van der Waals surface area contributed by atoms with E-state index in [0.717, 1.165) is 0 Å². The van der Waals surface area contributed by atoms with Crippen LogP contribution in [0.4, 0.5) is 0 Å². The lowest BCUT2D eigenvalue weighted by Gasteiger charge is -2.11. The van der Waals surface area contributed by atoms with Gasteiger partial charge in [-0.15, -0.1) is 22.7 Å². The minimum atomic E-state index is -1.58. The number of hydrogen-bond acceptors (Lipinski definition) is 2. The Morgan fingerprint density at radius 2 is 0.762 bits per heavy atom. The highest BCUT2D eigenvalue weighted by Gasteiger charge is 2.13. The Morgan fingerprint density at radius 1 is 0.405 bits per heavy atom. The van der Waals surface area contributed by atoms with Crippen molar-refractivity contribution in [3.8, 4) is 20.9 Å². The Morgan fingerprint density at radius 3 is 1.14 bits per heavy atom. The topological polar surface area (TPSA) is 0 Å². The lowest BCUT2D eigenvalue weighted by atomic mass is 10.1. The standard InChI is InChI=1S/C38H38S2Si2/c1-41(2,27-23-31-11-7-5-8-12-31)29-25-35-19-21-37(39-35)33-15-17-34(18-16-33)38-22-20-36(40-38)26-30-42(3,4)28-24-32-13-9-6-10-14-32/h5-30H,1-4H3/b27-23+,28-24+,29-25+,30-26+. The summed E-state index contributed by atoms with van der Waals surface area (Å²) in [5.74, 6) is 0. The molecule has 0 saturated carbocycles. The van der Waals surface area contributed by atoms with Crippen LogP contribution in [-0.4, -0.2) is 16.1 Å². The summed E-state index contributed by atoms with van der Waals surface area (Å²) in [6.07, 6.45) is 9.15. The average molecular weight is 615 g/mol. The Balaban J connectivity index is 1.20. The van der Waals surface area contributed by atoms with E-state index in [1.807, 2.05) is 22.7 Å². The van der Waals surface area contributed by atoms with Gasteiger partial charge in [-0.1, -0.05) is 158 Å². The van der Waals surface area contributed by atoms with Crippen molar-refractivity contribution >= 4 is 63.1 Å². The Kier molecular flexibility index (Phi) is 9.70. The van der Waals surface area contributed by atoms with E-state index in [4.69, 9.17) is 0 Å². The molecule has 0 bridgehead atoms. The van der Waals surface area contributed by atoms with Crippen LogP contribution in [-0.2, 0) is 0 Å². The molecule has 42 heavy (non-hydrogen) atoms. The molecule has 0 aliphatic heterocycles. The Hall–Kier alpha value is -3.55. The molecule has 0 aliphatic carbocycles. The van der Waals surface area contributed by atoms with Gasteiger partial charge >= 0.3 is 0 Å². The third-order valence-corrected chi connectivity index (χ3v) is 13.4. The third-order valence-electron chi connectivity index (χ3n) is 7.07. The second-order valence-corrected chi connectivity index (χ2v) is 22.6. The Bertz CT molecular complexity index is 1570. The molecule has 0 saturated heterocycles. The van der Waals surface area contributed by atoms with Crippen molar-refractivity contribution in [2.24, 2.45) is 0 Å². The van der Waals surface area contributed by atoms with Gasteiger partial charge in [-0.25, -0.2) is 0 Å². The summed E-state index contributed by atoms with van der Waals surface area (Å²) in [6, 6.07) is 39.2. The quantitative estimate of drug-likeness (QED) is 0.137. The highest BCUT2D eigenvalue weighted by molar-refractivity contribution is 7.16. The van der Waals surface area contributed by atoms with Crippen molar-refractivity contribution in [2.45, 2.75) is 26.2 Å². The minimum absolute atomic E-state index is 1.26. The fourth-order valence-corrected chi connectivity index (χ4v) is 9.21. The molecule has 2 heterocycles. The number of rotatable bonds is 10. The fourth-order valence-electron chi connectivity index (χ4n) is 4.45. The van der Waals surface area contributed by atoms with Gasteiger partial charge < -0.3 is 0 Å². The van der Waals surface area contributed by atoms with Gasteiger partial charge in [0, 0.05) is 19.5 Å². The molecular formula is C38H38S2Si2. The fraction of sp³-hybridized carbons (Fsp3) is 0.105. The van der Waals surface area contributed by atoms with Crippen molar-refractivity contribution in [1.29, 1.82) is 0 Å². The van der Waals surface area contributed by atoms with Crippen LogP contribution in [0.2, 0.25) is 26.2 Å². The molecular weight excluding hydrogens is 577 g/mol. The summed E-state index contributed by atoms with van der Waals surface area (Å²) >= 11 is 3.72. The predicted molar refractivity (Wildman–Crippen MR) is 197 cm³/mol. The summed E-state index contributed by atoms with van der Waals surface area (Å²) in [6.45, 7) is 9.53. The molecule has 0 spiro atoms. The van der Waals surface area contributed by atoms with E-state index in [-0.39, 0.29) is 0 Å². The van der Waals surface area contributed by atoms with Crippen molar-refractivity contribution < 1.29 is 0 Å². The molecule has 0 N–H and O–H groups in total. The molecule has 3 aromatic carbocycles. The van der Waals surface area contributed by atoms with Gasteiger partial charge in [0.15, 0.2) is 0 Å². The van der Waals surface area contributed by atoms with E-state index in [1.165, 1.54) is 41.8 Å². The molecule has 0 nitrogen and oxygen atoms in total. The van der Waals surface area contributed by atoms with Crippen molar-refractivity contribution in [2.75, 3.05) is 0 Å². The lowest BCUT2D eigenvalue weighted by Crippen LogP contribution is -2.18.